The summed E-state index contributed by atoms with van der Waals surface area (Å²) in [6.07, 6.45) is 3.41. The molecule has 2 aliphatic rings. The third-order valence-corrected chi connectivity index (χ3v) is 4.30. The minimum atomic E-state index is -0.900. The van der Waals surface area contributed by atoms with Gasteiger partial charge in [0.05, 0.1) is 6.04 Å². The zero-order valence-corrected chi connectivity index (χ0v) is 13.3. The lowest BCUT2D eigenvalue weighted by Gasteiger charge is -2.24. The Morgan fingerprint density at radius 3 is 2.45 bits per heavy atom. The molecule has 0 aromatic rings. The number of nitrogens with one attached hydrogen (secondary N) is 3. The first kappa shape index (κ1) is 16.7. The molecule has 0 spiro atoms. The Morgan fingerprint density at radius 2 is 2.00 bits per heavy atom. The minimum Gasteiger partial charge on any atom is -0.368 e. The molecule has 0 aromatic carbocycles. The molecule has 0 unspecified atom stereocenters. The molecule has 2 rings (SSSR count). The van der Waals surface area contributed by atoms with E-state index in [1.165, 1.54) is 0 Å². The predicted octanol–water partition coefficient (Wildman–Crippen LogP) is -0.597. The smallest absolute Gasteiger partial charge is 0.243 e. The van der Waals surface area contributed by atoms with Gasteiger partial charge in [0.2, 0.25) is 17.7 Å². The van der Waals surface area contributed by atoms with Gasteiger partial charge in [0.25, 0.3) is 0 Å². The van der Waals surface area contributed by atoms with Gasteiger partial charge in [0, 0.05) is 0 Å². The summed E-state index contributed by atoms with van der Waals surface area (Å²) in [5.41, 5.74) is 4.43. The van der Waals surface area contributed by atoms with E-state index in [1.54, 1.807) is 0 Å². The number of amides is 3. The lowest BCUT2D eigenvalue weighted by atomic mass is 10.0. The fourth-order valence-electron chi connectivity index (χ4n) is 2.76. The van der Waals surface area contributed by atoms with Gasteiger partial charge in [-0.25, -0.2) is 0 Å². The minimum absolute atomic E-state index is 0.151. The van der Waals surface area contributed by atoms with E-state index in [0.717, 1.165) is 19.4 Å². The number of primary amides is 1. The maximum Gasteiger partial charge on any atom is 0.243 e. The molecule has 7 nitrogen and oxygen atoms in total. The van der Waals surface area contributed by atoms with E-state index < -0.39 is 17.5 Å². The molecule has 1 saturated carbocycles. The first-order valence-corrected chi connectivity index (χ1v) is 8.00. The van der Waals surface area contributed by atoms with Gasteiger partial charge in [0.15, 0.2) is 0 Å². The van der Waals surface area contributed by atoms with Crippen LogP contribution >= 0.6 is 0 Å². The van der Waals surface area contributed by atoms with Crippen LogP contribution in [0.4, 0.5) is 0 Å². The average Bonchev–Trinajstić information content (AvgIpc) is 3.01. The molecular formula is C15H26N4O3. The van der Waals surface area contributed by atoms with E-state index in [9.17, 15) is 14.4 Å². The van der Waals surface area contributed by atoms with Gasteiger partial charge in [-0.2, -0.15) is 0 Å². The molecule has 2 atom stereocenters. The van der Waals surface area contributed by atoms with E-state index in [4.69, 9.17) is 5.73 Å². The van der Waals surface area contributed by atoms with Crippen LogP contribution in [0.3, 0.4) is 0 Å². The summed E-state index contributed by atoms with van der Waals surface area (Å²) in [6, 6.07) is -0.861. The summed E-state index contributed by atoms with van der Waals surface area (Å²) in [4.78, 5) is 36.1. The highest BCUT2D eigenvalue weighted by atomic mass is 16.2. The molecule has 1 heterocycles. The van der Waals surface area contributed by atoms with Gasteiger partial charge in [0.1, 0.15) is 11.6 Å². The zero-order valence-electron chi connectivity index (χ0n) is 13.3. The van der Waals surface area contributed by atoms with Crippen molar-refractivity contribution < 1.29 is 14.4 Å². The third-order valence-electron chi connectivity index (χ3n) is 4.30. The van der Waals surface area contributed by atoms with Crippen LogP contribution in [-0.2, 0) is 14.4 Å². The van der Waals surface area contributed by atoms with Crippen molar-refractivity contribution in [1.29, 1.82) is 0 Å². The SMILES string of the molecule is CC(C)C[C@H](NC(=O)[C@@H]1CCCN1)C(=O)NC1(C(N)=O)CC1. The second-order valence-corrected chi connectivity index (χ2v) is 6.78. The first-order chi connectivity index (χ1) is 10.3. The summed E-state index contributed by atoms with van der Waals surface area (Å²) < 4.78 is 0. The lowest BCUT2D eigenvalue weighted by Crippen LogP contribution is -2.56. The molecule has 1 aliphatic carbocycles. The van der Waals surface area contributed by atoms with Crippen LogP contribution in [0, 0.1) is 5.92 Å². The molecule has 7 heteroatoms. The molecular weight excluding hydrogens is 284 g/mol. The van der Waals surface area contributed by atoms with Crippen molar-refractivity contribution in [2.45, 2.75) is 63.6 Å². The van der Waals surface area contributed by atoms with Crippen molar-refractivity contribution in [3.05, 3.63) is 0 Å². The van der Waals surface area contributed by atoms with Crippen molar-refractivity contribution in [3.8, 4) is 0 Å². The Bertz CT molecular complexity index is 454. The Labute approximate surface area is 130 Å². The van der Waals surface area contributed by atoms with Crippen LogP contribution in [0.25, 0.3) is 0 Å². The van der Waals surface area contributed by atoms with Crippen molar-refractivity contribution in [3.63, 3.8) is 0 Å². The van der Waals surface area contributed by atoms with Gasteiger partial charge in [-0.15, -0.1) is 0 Å². The Balaban J connectivity index is 1.97. The zero-order chi connectivity index (χ0) is 16.3. The molecule has 0 bridgehead atoms. The van der Waals surface area contributed by atoms with Gasteiger partial charge < -0.3 is 21.7 Å². The third kappa shape index (κ3) is 3.97. The molecule has 2 fully saturated rings. The largest absolute Gasteiger partial charge is 0.368 e. The van der Waals surface area contributed by atoms with Crippen molar-refractivity contribution in [2.24, 2.45) is 11.7 Å². The fourth-order valence-corrected chi connectivity index (χ4v) is 2.76. The quantitative estimate of drug-likeness (QED) is 0.503. The molecule has 124 valence electrons. The van der Waals surface area contributed by atoms with E-state index in [1.807, 2.05) is 13.8 Å². The molecule has 5 N–H and O–H groups in total. The van der Waals surface area contributed by atoms with Gasteiger partial charge >= 0.3 is 0 Å². The number of carbonyl (C=O) groups is 3. The van der Waals surface area contributed by atoms with Crippen molar-refractivity contribution in [2.75, 3.05) is 6.54 Å². The number of nitrogens with two attached hydrogens (primary N) is 1. The van der Waals surface area contributed by atoms with E-state index in [-0.39, 0.29) is 23.8 Å². The van der Waals surface area contributed by atoms with Crippen molar-refractivity contribution >= 4 is 17.7 Å². The summed E-state index contributed by atoms with van der Waals surface area (Å²) in [6.45, 7) is 4.80. The van der Waals surface area contributed by atoms with Crippen LogP contribution in [0.1, 0.15) is 46.0 Å². The maximum absolute atomic E-state index is 12.4. The highest BCUT2D eigenvalue weighted by Crippen LogP contribution is 2.35. The second-order valence-electron chi connectivity index (χ2n) is 6.78. The van der Waals surface area contributed by atoms with Crippen LogP contribution in [0.15, 0.2) is 0 Å². The van der Waals surface area contributed by atoms with Crippen LogP contribution < -0.4 is 21.7 Å². The summed E-state index contributed by atoms with van der Waals surface area (Å²) in [7, 11) is 0. The second kappa shape index (κ2) is 6.64. The van der Waals surface area contributed by atoms with Crippen molar-refractivity contribution in [1.82, 2.24) is 16.0 Å². The molecule has 22 heavy (non-hydrogen) atoms. The fraction of sp³-hybridized carbons (Fsp3) is 0.800. The Morgan fingerprint density at radius 1 is 1.32 bits per heavy atom. The molecule has 0 aromatic heterocycles. The predicted molar refractivity (Wildman–Crippen MR) is 81.7 cm³/mol. The molecule has 1 saturated heterocycles. The number of rotatable bonds is 7. The Kier molecular flexibility index (Phi) is 5.05. The summed E-state index contributed by atoms with van der Waals surface area (Å²) in [5.74, 6) is -0.733. The molecule has 0 radical (unpaired) electrons. The van der Waals surface area contributed by atoms with Crippen LogP contribution in [0.5, 0.6) is 0 Å². The van der Waals surface area contributed by atoms with E-state index in [2.05, 4.69) is 16.0 Å². The lowest BCUT2D eigenvalue weighted by molar-refractivity contribution is -0.132. The first-order valence-electron chi connectivity index (χ1n) is 8.00. The normalized spacial score (nSPS) is 23.9. The molecule has 3 amide bonds. The topological polar surface area (TPSA) is 113 Å². The van der Waals surface area contributed by atoms with E-state index in [0.29, 0.717) is 19.3 Å². The highest BCUT2D eigenvalue weighted by Gasteiger charge is 2.50. The van der Waals surface area contributed by atoms with Crippen LogP contribution in [-0.4, -0.2) is 41.9 Å². The maximum atomic E-state index is 12.4. The summed E-state index contributed by atoms with van der Waals surface area (Å²) >= 11 is 0. The highest BCUT2D eigenvalue weighted by molar-refractivity contribution is 5.96. The van der Waals surface area contributed by atoms with Gasteiger partial charge in [-0.1, -0.05) is 13.8 Å². The van der Waals surface area contributed by atoms with Crippen LogP contribution in [0.2, 0.25) is 0 Å². The number of hydrogen-bond donors (Lipinski definition) is 4. The summed E-state index contributed by atoms with van der Waals surface area (Å²) in [5, 5.41) is 8.65. The van der Waals surface area contributed by atoms with Gasteiger partial charge in [-0.3, -0.25) is 14.4 Å². The standard InChI is InChI=1S/C15H26N4O3/c1-9(2)8-11(18-12(20)10-4-3-7-17-10)13(21)19-15(5-6-15)14(16)22/h9-11,17H,3-8H2,1-2H3,(H2,16,22)(H,18,20)(H,19,21)/t10-,11-/m0/s1. The van der Waals surface area contributed by atoms with Gasteiger partial charge in [-0.05, 0) is 44.6 Å². The molecule has 1 aliphatic heterocycles. The average molecular weight is 310 g/mol. The Hall–Kier alpha value is -1.63. The monoisotopic (exact) mass is 310 g/mol. The van der Waals surface area contributed by atoms with E-state index >= 15 is 0 Å². The number of hydrogen-bond acceptors (Lipinski definition) is 4. The number of carbonyl (C=O) groups excluding carboxylic acids is 3.